The van der Waals surface area contributed by atoms with Gasteiger partial charge in [0, 0.05) is 19.4 Å². The van der Waals surface area contributed by atoms with Crippen LogP contribution in [0.5, 0.6) is 0 Å². The van der Waals surface area contributed by atoms with E-state index >= 15 is 0 Å². The Hall–Kier alpha value is -1.57. The molecule has 0 aromatic heterocycles. The molecule has 0 amide bonds. The van der Waals surface area contributed by atoms with Crippen LogP contribution in [0.1, 0.15) is 12.6 Å². The lowest BCUT2D eigenvalue weighted by molar-refractivity contribution is 1.45. The van der Waals surface area contributed by atoms with E-state index < -0.39 is 0 Å². The number of rotatable bonds is 2. The van der Waals surface area contributed by atoms with Gasteiger partial charge in [0.15, 0.2) is 0 Å². The largest absolute Gasteiger partial charge is 0.404 e. The average molecular weight is 162 g/mol. The molecule has 3 N–H and O–H groups in total. The van der Waals surface area contributed by atoms with Crippen molar-refractivity contribution in [2.24, 2.45) is 5.73 Å². The minimum absolute atomic E-state index is 0. The van der Waals surface area contributed by atoms with E-state index in [0.29, 0.717) is 0 Å². The van der Waals surface area contributed by atoms with E-state index in [1.807, 2.05) is 31.2 Å². The van der Waals surface area contributed by atoms with Crippen LogP contribution in [0.3, 0.4) is 0 Å². The van der Waals surface area contributed by atoms with Crippen molar-refractivity contribution in [2.45, 2.75) is 6.92 Å². The van der Waals surface area contributed by atoms with E-state index in [0.717, 1.165) is 11.1 Å². The summed E-state index contributed by atoms with van der Waals surface area (Å²) in [5.41, 5.74) is 8.28. The van der Waals surface area contributed by atoms with Crippen LogP contribution in [0, 0.1) is 12.3 Å². The van der Waals surface area contributed by atoms with Gasteiger partial charge in [-0.05, 0) is 12.5 Å². The van der Waals surface area contributed by atoms with Crippen LogP contribution in [0.2, 0.25) is 0 Å². The highest BCUT2D eigenvalue weighted by atomic mass is 14.5. The highest BCUT2D eigenvalue weighted by molar-refractivity contribution is 6.08. The van der Waals surface area contributed by atoms with Crippen LogP contribution in [0.25, 0.3) is 5.57 Å². The van der Waals surface area contributed by atoms with Crippen LogP contribution >= 0.6 is 0 Å². The van der Waals surface area contributed by atoms with Crippen LogP contribution in [0.15, 0.2) is 30.5 Å². The number of nitrogens with two attached hydrogens (primary N) is 1. The van der Waals surface area contributed by atoms with Crippen LogP contribution in [-0.2, 0) is 0 Å². The van der Waals surface area contributed by atoms with Gasteiger partial charge < -0.3 is 11.1 Å². The third kappa shape index (κ3) is 1.72. The number of hydrogen-bond donors (Lipinski definition) is 2. The minimum atomic E-state index is 0. The van der Waals surface area contributed by atoms with Crippen molar-refractivity contribution in [3.63, 3.8) is 0 Å². The van der Waals surface area contributed by atoms with Gasteiger partial charge in [0.1, 0.15) is 0 Å². The lowest BCUT2D eigenvalue weighted by atomic mass is 10.1. The predicted molar refractivity (Wildman–Crippen MR) is 54.2 cm³/mol. The maximum atomic E-state index is 7.08. The third-order valence-electron chi connectivity index (χ3n) is 1.72. The predicted octanol–water partition coefficient (Wildman–Crippen LogP) is 2.19. The minimum Gasteiger partial charge on any atom is -0.404 e. The smallest absolute Gasteiger partial charge is 0.0270 e. The molecule has 12 heavy (non-hydrogen) atoms. The summed E-state index contributed by atoms with van der Waals surface area (Å²) in [5.74, 6) is 0. The first-order chi connectivity index (χ1) is 5.77. The second-order valence-corrected chi connectivity index (χ2v) is 2.63. The van der Waals surface area contributed by atoms with Crippen LogP contribution in [-0.4, -0.2) is 6.21 Å². The van der Waals surface area contributed by atoms with Crippen molar-refractivity contribution in [1.82, 2.24) is 0 Å². The van der Waals surface area contributed by atoms with Gasteiger partial charge in [-0.2, -0.15) is 0 Å². The number of aryl methyl sites for hydroxylation is 1. The molecule has 2 nitrogen and oxygen atoms in total. The van der Waals surface area contributed by atoms with Crippen LogP contribution in [0.4, 0.5) is 0 Å². The Labute approximate surface area is 73.7 Å². The van der Waals surface area contributed by atoms with Gasteiger partial charge in [0.05, 0.1) is 0 Å². The quantitative estimate of drug-likeness (QED) is 0.643. The van der Waals surface area contributed by atoms with E-state index in [4.69, 9.17) is 11.1 Å². The molecule has 0 saturated heterocycles. The molecule has 0 aliphatic rings. The lowest BCUT2D eigenvalue weighted by Crippen LogP contribution is -1.90. The van der Waals surface area contributed by atoms with Gasteiger partial charge >= 0.3 is 0 Å². The van der Waals surface area contributed by atoms with E-state index in [1.165, 1.54) is 18.0 Å². The molecule has 1 aromatic rings. The summed E-state index contributed by atoms with van der Waals surface area (Å²) in [6.45, 7) is 2.03. The Morgan fingerprint density at radius 1 is 1.42 bits per heavy atom. The van der Waals surface area contributed by atoms with E-state index in [2.05, 4.69) is 0 Å². The molecule has 0 atom stereocenters. The van der Waals surface area contributed by atoms with E-state index in [9.17, 15) is 0 Å². The van der Waals surface area contributed by atoms with Gasteiger partial charge in [-0.1, -0.05) is 29.8 Å². The van der Waals surface area contributed by atoms with Crippen molar-refractivity contribution in [3.05, 3.63) is 41.6 Å². The molecule has 1 aromatic carbocycles. The first-order valence-electron chi connectivity index (χ1n) is 3.77. The van der Waals surface area contributed by atoms with Gasteiger partial charge in [0.2, 0.25) is 0 Å². The number of hydrogen-bond acceptors (Lipinski definition) is 2. The fraction of sp³-hybridized carbons (Fsp3) is 0.100. The molecule has 0 radical (unpaired) electrons. The second kappa shape index (κ2) is 3.72. The van der Waals surface area contributed by atoms with Gasteiger partial charge in [-0.15, -0.1) is 0 Å². The molecule has 0 unspecified atom stereocenters. The lowest BCUT2D eigenvalue weighted by Gasteiger charge is -1.99. The molecular weight excluding hydrogens is 148 g/mol. The zero-order chi connectivity index (χ0) is 8.97. The summed E-state index contributed by atoms with van der Waals surface area (Å²) in [5, 5.41) is 7.08. The zero-order valence-electron chi connectivity index (χ0n) is 7.04. The molecule has 0 saturated carbocycles. The first-order valence-corrected chi connectivity index (χ1v) is 3.77. The maximum absolute atomic E-state index is 7.08. The summed E-state index contributed by atoms with van der Waals surface area (Å²) >= 11 is 0. The standard InChI is InChI=1S/C10H12N2.H2/c1-8-2-4-9(5-3-8)10(6-11)7-12;/h2-7,11H,12H2,1H3;1H/b10-7-,11-6?;. The van der Waals surface area contributed by atoms with Crippen molar-refractivity contribution in [3.8, 4) is 0 Å². The monoisotopic (exact) mass is 162 g/mol. The molecule has 1 rings (SSSR count). The highest BCUT2D eigenvalue weighted by Crippen LogP contribution is 2.11. The SMILES string of the molecule is Cc1ccc(/C(C=N)=C\N)cc1.[HH]. The van der Waals surface area contributed by atoms with Crippen molar-refractivity contribution in [2.75, 3.05) is 0 Å². The highest BCUT2D eigenvalue weighted by Gasteiger charge is 1.95. The fourth-order valence-electron chi connectivity index (χ4n) is 0.974. The molecule has 2 heteroatoms. The molecule has 0 aliphatic heterocycles. The van der Waals surface area contributed by atoms with Crippen molar-refractivity contribution >= 4 is 11.8 Å². The Balaban J connectivity index is 0.00000144. The summed E-state index contributed by atoms with van der Waals surface area (Å²) in [7, 11) is 0. The van der Waals surface area contributed by atoms with Crippen molar-refractivity contribution in [1.29, 1.82) is 5.41 Å². The number of benzene rings is 1. The van der Waals surface area contributed by atoms with E-state index in [-0.39, 0.29) is 1.43 Å². The summed E-state index contributed by atoms with van der Waals surface area (Å²) in [6.07, 6.45) is 2.70. The Morgan fingerprint density at radius 2 is 2.00 bits per heavy atom. The topological polar surface area (TPSA) is 49.9 Å². The normalized spacial score (nSPS) is 11.2. The molecule has 0 bridgehead atoms. The molecule has 64 valence electrons. The van der Waals surface area contributed by atoms with Crippen molar-refractivity contribution < 1.29 is 1.43 Å². The molecule has 0 aliphatic carbocycles. The number of nitrogens with one attached hydrogen (secondary N) is 1. The molecule has 0 fully saturated rings. The summed E-state index contributed by atoms with van der Waals surface area (Å²) < 4.78 is 0. The molecular formula is C10H14N2. The first kappa shape index (κ1) is 8.53. The van der Waals surface area contributed by atoms with E-state index in [1.54, 1.807) is 0 Å². The Bertz CT molecular complexity index is 301. The van der Waals surface area contributed by atoms with Crippen LogP contribution < -0.4 is 5.73 Å². The zero-order valence-corrected chi connectivity index (χ0v) is 7.04. The van der Waals surface area contributed by atoms with Gasteiger partial charge in [-0.25, -0.2) is 0 Å². The average Bonchev–Trinajstić information content (AvgIpc) is 2.10. The van der Waals surface area contributed by atoms with Gasteiger partial charge in [-0.3, -0.25) is 0 Å². The summed E-state index contributed by atoms with van der Waals surface area (Å²) in [4.78, 5) is 0. The molecule has 0 spiro atoms. The Kier molecular flexibility index (Phi) is 2.64. The number of allylic oxidation sites excluding steroid dienone is 1. The third-order valence-corrected chi connectivity index (χ3v) is 1.72. The second-order valence-electron chi connectivity index (χ2n) is 2.63. The Morgan fingerprint density at radius 3 is 2.42 bits per heavy atom. The molecule has 0 heterocycles. The van der Waals surface area contributed by atoms with Gasteiger partial charge in [0.25, 0.3) is 0 Å². The fourth-order valence-corrected chi connectivity index (χ4v) is 0.974. The maximum Gasteiger partial charge on any atom is 0.0270 e. The summed E-state index contributed by atoms with van der Waals surface area (Å²) in [6, 6.07) is 7.92.